The van der Waals surface area contributed by atoms with Gasteiger partial charge >= 0.3 is 6.03 Å². The van der Waals surface area contributed by atoms with Crippen LogP contribution in [0.5, 0.6) is 0 Å². The van der Waals surface area contributed by atoms with Crippen LogP contribution in [0.4, 0.5) is 4.79 Å². The maximum absolute atomic E-state index is 11.8. The third kappa shape index (κ3) is 3.93. The highest BCUT2D eigenvalue weighted by Crippen LogP contribution is 2.18. The second kappa shape index (κ2) is 7.23. The van der Waals surface area contributed by atoms with Crippen molar-refractivity contribution in [2.75, 3.05) is 19.6 Å². The lowest BCUT2D eigenvalue weighted by molar-refractivity contribution is -0.128. The highest BCUT2D eigenvalue weighted by molar-refractivity contribution is 7.09. The number of aromatic nitrogens is 1. The maximum Gasteiger partial charge on any atom is 0.315 e. The van der Waals surface area contributed by atoms with E-state index in [1.165, 1.54) is 11.3 Å². The fraction of sp³-hybridized carbons (Fsp3) is 0.615. The molecule has 0 aromatic carbocycles. The average Bonchev–Trinajstić information content (AvgIpc) is 3.14. The van der Waals surface area contributed by atoms with Gasteiger partial charge in [-0.05, 0) is 19.3 Å². The summed E-state index contributed by atoms with van der Waals surface area (Å²) in [6.45, 7) is 3.65. The molecule has 2 heterocycles. The van der Waals surface area contributed by atoms with Crippen molar-refractivity contribution in [1.29, 1.82) is 0 Å². The monoisotopic (exact) mass is 296 g/mol. The predicted octanol–water partition coefficient (Wildman–Crippen LogP) is 1.52. The Morgan fingerprint density at radius 3 is 2.80 bits per heavy atom. The number of amides is 3. The molecule has 1 aliphatic rings. The number of hydrogen-bond donors (Lipinski definition) is 2. The smallest absolute Gasteiger partial charge is 0.315 e. The van der Waals surface area contributed by atoms with Crippen LogP contribution in [0.2, 0.25) is 0 Å². The van der Waals surface area contributed by atoms with Gasteiger partial charge in [-0.1, -0.05) is 6.92 Å². The van der Waals surface area contributed by atoms with Gasteiger partial charge in [-0.25, -0.2) is 9.78 Å². The van der Waals surface area contributed by atoms with Crippen LogP contribution >= 0.6 is 11.3 Å². The molecule has 0 saturated carbocycles. The second-order valence-electron chi connectivity index (χ2n) is 4.75. The summed E-state index contributed by atoms with van der Waals surface area (Å²) in [5, 5.41) is 8.23. The molecule has 1 aliphatic heterocycles. The first-order chi connectivity index (χ1) is 9.70. The van der Waals surface area contributed by atoms with Crippen LogP contribution < -0.4 is 10.6 Å². The zero-order valence-corrected chi connectivity index (χ0v) is 12.4. The van der Waals surface area contributed by atoms with Crippen molar-refractivity contribution >= 4 is 23.3 Å². The van der Waals surface area contributed by atoms with Crippen molar-refractivity contribution in [3.8, 4) is 0 Å². The van der Waals surface area contributed by atoms with Crippen LogP contribution in [0.15, 0.2) is 11.6 Å². The normalized spacial score (nSPS) is 15.9. The molecule has 2 N–H and O–H groups in total. The zero-order valence-electron chi connectivity index (χ0n) is 11.6. The summed E-state index contributed by atoms with van der Waals surface area (Å²) in [7, 11) is 0. The SMILES string of the molecule is CCC(NC(=O)NCC(=O)N1CCCC1)c1nccs1. The van der Waals surface area contributed by atoms with Gasteiger partial charge in [0.05, 0.1) is 12.6 Å². The van der Waals surface area contributed by atoms with Gasteiger partial charge in [0, 0.05) is 24.7 Å². The lowest BCUT2D eigenvalue weighted by Crippen LogP contribution is -2.43. The Morgan fingerprint density at radius 2 is 2.20 bits per heavy atom. The number of nitrogens with one attached hydrogen (secondary N) is 2. The number of carbonyl (C=O) groups excluding carboxylic acids is 2. The average molecular weight is 296 g/mol. The molecule has 1 aromatic heterocycles. The van der Waals surface area contributed by atoms with Crippen LogP contribution in [-0.2, 0) is 4.79 Å². The number of likely N-dealkylation sites (tertiary alicyclic amines) is 1. The lowest BCUT2D eigenvalue weighted by Gasteiger charge is -2.17. The Labute approximate surface area is 122 Å². The first kappa shape index (κ1) is 14.8. The molecule has 7 heteroatoms. The number of carbonyl (C=O) groups is 2. The van der Waals surface area contributed by atoms with E-state index in [2.05, 4.69) is 15.6 Å². The molecule has 3 amide bonds. The summed E-state index contributed by atoms with van der Waals surface area (Å²) in [4.78, 5) is 29.6. The van der Waals surface area contributed by atoms with Crippen LogP contribution in [0.25, 0.3) is 0 Å². The molecule has 1 aromatic rings. The van der Waals surface area contributed by atoms with Gasteiger partial charge in [-0.3, -0.25) is 4.79 Å². The molecule has 1 saturated heterocycles. The van der Waals surface area contributed by atoms with E-state index in [1.54, 1.807) is 11.1 Å². The number of thiazole rings is 1. The van der Waals surface area contributed by atoms with Gasteiger partial charge < -0.3 is 15.5 Å². The third-order valence-corrected chi connectivity index (χ3v) is 4.21. The van der Waals surface area contributed by atoms with Crippen molar-refractivity contribution < 1.29 is 9.59 Å². The summed E-state index contributed by atoms with van der Waals surface area (Å²) < 4.78 is 0. The predicted molar refractivity (Wildman–Crippen MR) is 77.5 cm³/mol. The fourth-order valence-corrected chi connectivity index (χ4v) is 2.96. The van der Waals surface area contributed by atoms with E-state index in [1.807, 2.05) is 12.3 Å². The Bertz CT molecular complexity index is 443. The Morgan fingerprint density at radius 1 is 1.45 bits per heavy atom. The van der Waals surface area contributed by atoms with Crippen molar-refractivity contribution in [3.63, 3.8) is 0 Å². The molecule has 1 atom stereocenters. The maximum atomic E-state index is 11.8. The quantitative estimate of drug-likeness (QED) is 0.865. The summed E-state index contributed by atoms with van der Waals surface area (Å²) in [5.74, 6) is -0.0139. The van der Waals surface area contributed by atoms with Crippen molar-refractivity contribution in [1.82, 2.24) is 20.5 Å². The van der Waals surface area contributed by atoms with E-state index >= 15 is 0 Å². The number of rotatable bonds is 5. The highest BCUT2D eigenvalue weighted by atomic mass is 32.1. The number of hydrogen-bond acceptors (Lipinski definition) is 4. The number of nitrogens with zero attached hydrogens (tertiary/aromatic N) is 2. The molecule has 1 fully saturated rings. The topological polar surface area (TPSA) is 74.3 Å². The molecule has 1 unspecified atom stereocenters. The van der Waals surface area contributed by atoms with E-state index in [0.717, 1.165) is 37.4 Å². The molecule has 6 nitrogen and oxygen atoms in total. The summed E-state index contributed by atoms with van der Waals surface area (Å²) in [6, 6.07) is -0.420. The minimum absolute atomic E-state index is 0.0139. The Kier molecular flexibility index (Phi) is 5.34. The van der Waals surface area contributed by atoms with E-state index in [0.29, 0.717) is 0 Å². The second-order valence-corrected chi connectivity index (χ2v) is 5.67. The van der Waals surface area contributed by atoms with Crippen LogP contribution in [0.3, 0.4) is 0 Å². The van der Waals surface area contributed by atoms with Crippen LogP contribution in [-0.4, -0.2) is 41.5 Å². The first-order valence-corrected chi connectivity index (χ1v) is 7.80. The van der Waals surface area contributed by atoms with E-state index in [4.69, 9.17) is 0 Å². The largest absolute Gasteiger partial charge is 0.341 e. The molecule has 0 bridgehead atoms. The van der Waals surface area contributed by atoms with Gasteiger partial charge in [0.15, 0.2) is 0 Å². The first-order valence-electron chi connectivity index (χ1n) is 6.92. The van der Waals surface area contributed by atoms with Crippen LogP contribution in [0, 0.1) is 0 Å². The molecular weight excluding hydrogens is 276 g/mol. The van der Waals surface area contributed by atoms with Gasteiger partial charge in [0.2, 0.25) is 5.91 Å². The van der Waals surface area contributed by atoms with E-state index in [9.17, 15) is 9.59 Å². The van der Waals surface area contributed by atoms with Crippen LogP contribution in [0.1, 0.15) is 37.2 Å². The summed E-state index contributed by atoms with van der Waals surface area (Å²) in [6.07, 6.45) is 4.60. The minimum atomic E-state index is -0.320. The van der Waals surface area contributed by atoms with Gasteiger partial charge in [-0.2, -0.15) is 0 Å². The zero-order chi connectivity index (χ0) is 14.4. The standard InChI is InChI=1S/C13H20N4O2S/c1-2-10(12-14-5-8-20-12)16-13(19)15-9-11(18)17-6-3-4-7-17/h5,8,10H,2-4,6-7,9H2,1H3,(H2,15,16,19). The summed E-state index contributed by atoms with van der Waals surface area (Å²) >= 11 is 1.51. The molecule has 0 radical (unpaired) electrons. The highest BCUT2D eigenvalue weighted by Gasteiger charge is 2.19. The molecule has 0 spiro atoms. The fourth-order valence-electron chi connectivity index (χ4n) is 2.19. The lowest BCUT2D eigenvalue weighted by atomic mass is 10.2. The van der Waals surface area contributed by atoms with Gasteiger partial charge in [-0.15, -0.1) is 11.3 Å². The number of urea groups is 1. The van der Waals surface area contributed by atoms with Crippen molar-refractivity contribution in [2.24, 2.45) is 0 Å². The summed E-state index contributed by atoms with van der Waals surface area (Å²) in [5.41, 5.74) is 0. The Hall–Kier alpha value is -1.63. The molecule has 0 aliphatic carbocycles. The third-order valence-electron chi connectivity index (χ3n) is 3.32. The molecule has 20 heavy (non-hydrogen) atoms. The molecule has 110 valence electrons. The molecular formula is C13H20N4O2S. The van der Waals surface area contributed by atoms with Gasteiger partial charge in [0.25, 0.3) is 0 Å². The van der Waals surface area contributed by atoms with Crippen molar-refractivity contribution in [3.05, 3.63) is 16.6 Å². The van der Waals surface area contributed by atoms with E-state index in [-0.39, 0.29) is 24.5 Å². The minimum Gasteiger partial charge on any atom is -0.341 e. The molecule has 2 rings (SSSR count). The van der Waals surface area contributed by atoms with Crippen molar-refractivity contribution in [2.45, 2.75) is 32.2 Å². The van der Waals surface area contributed by atoms with Gasteiger partial charge in [0.1, 0.15) is 5.01 Å². The van der Waals surface area contributed by atoms with E-state index < -0.39 is 0 Å². The Balaban J connectivity index is 1.75.